The summed E-state index contributed by atoms with van der Waals surface area (Å²) in [4.78, 5) is 4.28. The van der Waals surface area contributed by atoms with Crippen molar-refractivity contribution in [2.75, 3.05) is 25.1 Å². The zero-order valence-corrected chi connectivity index (χ0v) is 11.1. The Morgan fingerprint density at radius 3 is 2.84 bits per heavy atom. The molecule has 0 saturated heterocycles. The largest absolute Gasteiger partial charge is 0.490 e. The lowest BCUT2D eigenvalue weighted by Crippen LogP contribution is -2.36. The molecule has 0 radical (unpaired) electrons. The fourth-order valence-corrected chi connectivity index (χ4v) is 1.72. The van der Waals surface area contributed by atoms with E-state index in [-0.39, 0.29) is 0 Å². The van der Waals surface area contributed by atoms with Gasteiger partial charge in [-0.25, -0.2) is 5.84 Å². The van der Waals surface area contributed by atoms with Crippen molar-refractivity contribution in [1.82, 2.24) is 5.43 Å². The first-order valence-corrected chi connectivity index (χ1v) is 6.51. The molecule has 1 aromatic rings. The molecule has 0 aliphatic carbocycles. The Balaban J connectivity index is 2.10. The fraction of sp³-hybridized carbons (Fsp3) is 0.462. The molecule has 104 valence electrons. The van der Waals surface area contributed by atoms with Crippen molar-refractivity contribution in [3.05, 3.63) is 18.2 Å². The second-order valence-electron chi connectivity index (χ2n) is 4.21. The molecular weight excluding hydrogens is 244 g/mol. The van der Waals surface area contributed by atoms with Crippen molar-refractivity contribution in [1.29, 1.82) is 0 Å². The highest BCUT2D eigenvalue weighted by molar-refractivity contribution is 5.93. The summed E-state index contributed by atoms with van der Waals surface area (Å²) >= 11 is 0. The Morgan fingerprint density at radius 1 is 1.32 bits per heavy atom. The number of anilines is 1. The van der Waals surface area contributed by atoms with E-state index in [1.807, 2.05) is 18.2 Å². The molecule has 6 nitrogen and oxygen atoms in total. The van der Waals surface area contributed by atoms with Gasteiger partial charge in [-0.1, -0.05) is 6.92 Å². The van der Waals surface area contributed by atoms with Crippen LogP contribution in [0, 0.1) is 0 Å². The first kappa shape index (κ1) is 13.5. The van der Waals surface area contributed by atoms with Crippen LogP contribution in [0.15, 0.2) is 23.2 Å². The molecule has 19 heavy (non-hydrogen) atoms. The van der Waals surface area contributed by atoms with Gasteiger partial charge in [0.15, 0.2) is 11.5 Å². The van der Waals surface area contributed by atoms with Gasteiger partial charge in [0.25, 0.3) is 0 Å². The molecule has 1 aromatic carbocycles. The van der Waals surface area contributed by atoms with Crippen LogP contribution in [-0.4, -0.2) is 25.7 Å². The van der Waals surface area contributed by atoms with Crippen LogP contribution in [0.4, 0.5) is 5.69 Å². The number of aliphatic imine (C=N–C) groups is 1. The minimum absolute atomic E-state index is 0.538. The highest BCUT2D eigenvalue weighted by Crippen LogP contribution is 2.32. The lowest BCUT2D eigenvalue weighted by molar-refractivity contribution is 0.297. The molecule has 0 spiro atoms. The van der Waals surface area contributed by atoms with Gasteiger partial charge in [0.2, 0.25) is 5.96 Å². The third kappa shape index (κ3) is 3.75. The monoisotopic (exact) mass is 264 g/mol. The third-order valence-electron chi connectivity index (χ3n) is 2.64. The van der Waals surface area contributed by atoms with Gasteiger partial charge in [-0.2, -0.15) is 0 Å². The maximum atomic E-state index is 5.63. The molecular formula is C13H20N4O2. The Hall–Kier alpha value is -1.95. The number of nitrogens with two attached hydrogens (primary N) is 1. The van der Waals surface area contributed by atoms with E-state index < -0.39 is 0 Å². The summed E-state index contributed by atoms with van der Waals surface area (Å²) in [6.45, 7) is 4.14. The van der Waals surface area contributed by atoms with Crippen LogP contribution in [-0.2, 0) is 0 Å². The van der Waals surface area contributed by atoms with E-state index in [1.165, 1.54) is 0 Å². The molecule has 1 aliphatic rings. The van der Waals surface area contributed by atoms with E-state index in [0.717, 1.165) is 36.6 Å². The van der Waals surface area contributed by atoms with Crippen molar-refractivity contribution < 1.29 is 9.47 Å². The number of benzene rings is 1. The second kappa shape index (κ2) is 6.84. The molecule has 1 aliphatic heterocycles. The SMILES string of the molecule is CCCN=C(NN)Nc1ccc2c(c1)OCCCO2. The maximum absolute atomic E-state index is 5.63. The minimum Gasteiger partial charge on any atom is -0.490 e. The zero-order valence-electron chi connectivity index (χ0n) is 11.1. The molecule has 4 N–H and O–H groups in total. The van der Waals surface area contributed by atoms with Crippen molar-refractivity contribution in [2.24, 2.45) is 10.8 Å². The number of rotatable bonds is 3. The number of guanidine groups is 1. The average molecular weight is 264 g/mol. The lowest BCUT2D eigenvalue weighted by Gasteiger charge is -2.12. The van der Waals surface area contributed by atoms with Gasteiger partial charge in [-0.3, -0.25) is 10.4 Å². The van der Waals surface area contributed by atoms with E-state index in [4.69, 9.17) is 15.3 Å². The normalized spacial score (nSPS) is 14.7. The molecule has 0 atom stereocenters. The first-order chi connectivity index (χ1) is 9.33. The predicted molar refractivity (Wildman–Crippen MR) is 75.6 cm³/mol. The fourth-order valence-electron chi connectivity index (χ4n) is 1.72. The van der Waals surface area contributed by atoms with Crippen LogP contribution in [0.1, 0.15) is 19.8 Å². The minimum atomic E-state index is 0.538. The molecule has 0 fully saturated rings. The lowest BCUT2D eigenvalue weighted by atomic mass is 10.3. The number of hydrogen-bond donors (Lipinski definition) is 3. The van der Waals surface area contributed by atoms with Crippen molar-refractivity contribution >= 4 is 11.6 Å². The van der Waals surface area contributed by atoms with E-state index in [0.29, 0.717) is 19.2 Å². The first-order valence-electron chi connectivity index (χ1n) is 6.51. The molecule has 0 saturated carbocycles. The molecule has 1 heterocycles. The van der Waals surface area contributed by atoms with Gasteiger partial charge in [-0.05, 0) is 18.6 Å². The van der Waals surface area contributed by atoms with E-state index in [9.17, 15) is 0 Å². The number of fused-ring (bicyclic) bond motifs is 1. The smallest absolute Gasteiger partial charge is 0.210 e. The summed E-state index contributed by atoms with van der Waals surface area (Å²) in [7, 11) is 0. The van der Waals surface area contributed by atoms with Gasteiger partial charge in [-0.15, -0.1) is 0 Å². The highest BCUT2D eigenvalue weighted by Gasteiger charge is 2.11. The van der Waals surface area contributed by atoms with Crippen LogP contribution >= 0.6 is 0 Å². The van der Waals surface area contributed by atoms with Gasteiger partial charge in [0, 0.05) is 24.7 Å². The topological polar surface area (TPSA) is 80.9 Å². The summed E-state index contributed by atoms with van der Waals surface area (Å²) in [6, 6.07) is 5.68. The molecule has 0 aromatic heterocycles. The number of ether oxygens (including phenoxy) is 2. The van der Waals surface area contributed by atoms with Crippen molar-refractivity contribution in [2.45, 2.75) is 19.8 Å². The highest BCUT2D eigenvalue weighted by atomic mass is 16.5. The van der Waals surface area contributed by atoms with E-state index >= 15 is 0 Å². The van der Waals surface area contributed by atoms with Crippen molar-refractivity contribution in [3.8, 4) is 11.5 Å². The van der Waals surface area contributed by atoms with Crippen LogP contribution in [0.3, 0.4) is 0 Å². The van der Waals surface area contributed by atoms with E-state index in [2.05, 4.69) is 22.7 Å². The standard InChI is InChI=1S/C13H20N4O2/c1-2-6-15-13(17-14)16-10-4-5-11-12(9-10)19-8-3-7-18-11/h4-5,9H,2-3,6-8,14H2,1H3,(H2,15,16,17). The Labute approximate surface area is 113 Å². The zero-order chi connectivity index (χ0) is 13.5. The molecule has 0 amide bonds. The van der Waals surface area contributed by atoms with Gasteiger partial charge in [0.1, 0.15) is 0 Å². The number of nitrogens with zero attached hydrogens (tertiary/aromatic N) is 1. The second-order valence-corrected chi connectivity index (χ2v) is 4.21. The van der Waals surface area contributed by atoms with Crippen LogP contribution in [0.2, 0.25) is 0 Å². The Morgan fingerprint density at radius 2 is 2.11 bits per heavy atom. The quantitative estimate of drug-likeness (QED) is 0.333. The summed E-state index contributed by atoms with van der Waals surface area (Å²) < 4.78 is 11.2. The molecule has 0 bridgehead atoms. The average Bonchev–Trinajstić information content (AvgIpc) is 2.68. The maximum Gasteiger partial charge on any atom is 0.210 e. The van der Waals surface area contributed by atoms with Gasteiger partial charge in [0.05, 0.1) is 13.2 Å². The van der Waals surface area contributed by atoms with E-state index in [1.54, 1.807) is 0 Å². The van der Waals surface area contributed by atoms with Crippen LogP contribution < -0.4 is 26.1 Å². The van der Waals surface area contributed by atoms with Gasteiger partial charge >= 0.3 is 0 Å². The summed E-state index contributed by atoms with van der Waals surface area (Å²) in [5.74, 6) is 7.48. The Kier molecular flexibility index (Phi) is 4.85. The molecule has 0 unspecified atom stereocenters. The van der Waals surface area contributed by atoms with Crippen molar-refractivity contribution in [3.63, 3.8) is 0 Å². The summed E-state index contributed by atoms with van der Waals surface area (Å²) in [5, 5.41) is 3.11. The predicted octanol–water partition coefficient (Wildman–Crippen LogP) is 1.49. The van der Waals surface area contributed by atoms with Crippen LogP contribution in [0.5, 0.6) is 11.5 Å². The Bertz CT molecular complexity index is 448. The number of hydrogen-bond acceptors (Lipinski definition) is 4. The molecule has 6 heteroatoms. The number of hydrazine groups is 1. The third-order valence-corrected chi connectivity index (χ3v) is 2.64. The van der Waals surface area contributed by atoms with Gasteiger partial charge < -0.3 is 14.8 Å². The van der Waals surface area contributed by atoms with Crippen LogP contribution in [0.25, 0.3) is 0 Å². The summed E-state index contributed by atoms with van der Waals surface area (Å²) in [6.07, 6.45) is 1.86. The number of nitrogens with one attached hydrogen (secondary N) is 2. The summed E-state index contributed by atoms with van der Waals surface area (Å²) in [5.41, 5.74) is 3.40. The molecule has 2 rings (SSSR count).